The van der Waals surface area contributed by atoms with Crippen LogP contribution in [0.2, 0.25) is 0 Å². The minimum atomic E-state index is -0.789. The Kier molecular flexibility index (Phi) is 4.34. The number of rotatable bonds is 3. The third-order valence-corrected chi connectivity index (χ3v) is 2.00. The fraction of sp³-hybridized carbons (Fsp3) is 0.500. The highest BCUT2D eigenvalue weighted by Crippen LogP contribution is 2.13. The van der Waals surface area contributed by atoms with Gasteiger partial charge in [-0.15, -0.1) is 0 Å². The molecule has 1 aliphatic heterocycles. The van der Waals surface area contributed by atoms with Crippen molar-refractivity contribution in [2.24, 2.45) is 0 Å². The van der Waals surface area contributed by atoms with Crippen LogP contribution >= 0.6 is 0 Å². The van der Waals surface area contributed by atoms with Crippen molar-refractivity contribution in [3.05, 3.63) is 11.5 Å². The van der Waals surface area contributed by atoms with Gasteiger partial charge < -0.3 is 19.5 Å². The van der Waals surface area contributed by atoms with Gasteiger partial charge in [0.2, 0.25) is 5.88 Å². The molecule has 1 aliphatic rings. The molecule has 0 bridgehead atoms. The molecule has 0 aromatic carbocycles. The van der Waals surface area contributed by atoms with E-state index in [0.29, 0.717) is 0 Å². The monoisotopic (exact) mass is 240 g/mol. The van der Waals surface area contributed by atoms with E-state index in [0.717, 1.165) is 0 Å². The molecule has 17 heavy (non-hydrogen) atoms. The lowest BCUT2D eigenvalue weighted by molar-refractivity contribution is -0.142. The molecule has 1 rings (SSSR count). The highest BCUT2D eigenvalue weighted by molar-refractivity contribution is 5.93. The SMILES string of the molecule is CCOC(=O)/C(C#N)=C1\NC(C(=O)OC)CO1. The van der Waals surface area contributed by atoms with Crippen LogP contribution < -0.4 is 5.32 Å². The third-order valence-electron chi connectivity index (χ3n) is 2.00. The van der Waals surface area contributed by atoms with E-state index in [9.17, 15) is 9.59 Å². The van der Waals surface area contributed by atoms with E-state index in [1.54, 1.807) is 13.0 Å². The summed E-state index contributed by atoms with van der Waals surface area (Å²) in [5.74, 6) is -1.37. The van der Waals surface area contributed by atoms with Crippen molar-refractivity contribution >= 4 is 11.9 Å². The van der Waals surface area contributed by atoms with E-state index in [4.69, 9.17) is 10.00 Å². The maximum absolute atomic E-state index is 11.4. The lowest BCUT2D eigenvalue weighted by Gasteiger charge is -2.05. The van der Waals surface area contributed by atoms with Crippen LogP contribution in [0.1, 0.15) is 6.92 Å². The molecule has 1 heterocycles. The number of carbonyl (C=O) groups excluding carboxylic acids is 2. The second-order valence-corrected chi connectivity index (χ2v) is 3.07. The fourth-order valence-corrected chi connectivity index (χ4v) is 1.21. The first-order valence-corrected chi connectivity index (χ1v) is 4.92. The molecule has 0 spiro atoms. The minimum Gasteiger partial charge on any atom is -0.475 e. The molecule has 0 aliphatic carbocycles. The molecule has 7 nitrogen and oxygen atoms in total. The predicted octanol–water partition coefficient (Wildman–Crippen LogP) is -0.554. The van der Waals surface area contributed by atoms with Gasteiger partial charge in [0.1, 0.15) is 12.7 Å². The Morgan fingerprint density at radius 2 is 2.35 bits per heavy atom. The Bertz CT molecular complexity index is 396. The highest BCUT2D eigenvalue weighted by Gasteiger charge is 2.31. The number of esters is 2. The molecule has 92 valence electrons. The van der Waals surface area contributed by atoms with Gasteiger partial charge in [-0.25, -0.2) is 9.59 Å². The molecular formula is C10H12N2O5. The van der Waals surface area contributed by atoms with Gasteiger partial charge in [0.05, 0.1) is 13.7 Å². The third kappa shape index (κ3) is 2.87. The van der Waals surface area contributed by atoms with Gasteiger partial charge in [-0.1, -0.05) is 0 Å². The predicted molar refractivity (Wildman–Crippen MR) is 54.2 cm³/mol. The lowest BCUT2D eigenvalue weighted by Crippen LogP contribution is -2.33. The van der Waals surface area contributed by atoms with Crippen molar-refractivity contribution in [2.45, 2.75) is 13.0 Å². The number of hydrogen-bond donors (Lipinski definition) is 1. The van der Waals surface area contributed by atoms with Gasteiger partial charge in [0.15, 0.2) is 11.6 Å². The zero-order valence-corrected chi connectivity index (χ0v) is 9.48. The van der Waals surface area contributed by atoms with Crippen LogP contribution in [0.5, 0.6) is 0 Å². The number of nitrogens with zero attached hydrogens (tertiary/aromatic N) is 1. The summed E-state index contributed by atoms with van der Waals surface area (Å²) < 4.78 is 14.2. The summed E-state index contributed by atoms with van der Waals surface area (Å²) in [6.45, 7) is 1.78. The molecule has 0 saturated carbocycles. The lowest BCUT2D eigenvalue weighted by atomic mass is 10.3. The number of nitriles is 1. The highest BCUT2D eigenvalue weighted by atomic mass is 16.5. The average Bonchev–Trinajstić information content (AvgIpc) is 2.79. The fourth-order valence-electron chi connectivity index (χ4n) is 1.21. The summed E-state index contributed by atoms with van der Waals surface area (Å²) in [6.07, 6.45) is 0. The van der Waals surface area contributed by atoms with E-state index in [2.05, 4.69) is 14.8 Å². The van der Waals surface area contributed by atoms with Crippen molar-refractivity contribution < 1.29 is 23.8 Å². The van der Waals surface area contributed by atoms with Crippen LogP contribution in [0, 0.1) is 11.3 Å². The van der Waals surface area contributed by atoms with Crippen LogP contribution in [0.3, 0.4) is 0 Å². The molecule has 0 aromatic rings. The van der Waals surface area contributed by atoms with Crippen LogP contribution in [0.4, 0.5) is 0 Å². The molecule has 0 aromatic heterocycles. The van der Waals surface area contributed by atoms with E-state index < -0.39 is 18.0 Å². The van der Waals surface area contributed by atoms with Gasteiger partial charge in [0.25, 0.3) is 0 Å². The molecule has 1 N–H and O–H groups in total. The van der Waals surface area contributed by atoms with Crippen LogP contribution in [-0.2, 0) is 23.8 Å². The topological polar surface area (TPSA) is 97.7 Å². The summed E-state index contributed by atoms with van der Waals surface area (Å²) in [4.78, 5) is 22.5. The van der Waals surface area contributed by atoms with E-state index in [-0.39, 0.29) is 24.7 Å². The van der Waals surface area contributed by atoms with Crippen molar-refractivity contribution in [3.8, 4) is 6.07 Å². The van der Waals surface area contributed by atoms with E-state index in [1.807, 2.05) is 0 Å². The number of ether oxygens (including phenoxy) is 3. The van der Waals surface area contributed by atoms with Crippen LogP contribution in [0.15, 0.2) is 11.5 Å². The number of carbonyl (C=O) groups is 2. The van der Waals surface area contributed by atoms with Gasteiger partial charge in [0, 0.05) is 0 Å². The standard InChI is InChI=1S/C10H12N2O5/c1-3-16-9(13)6(4-11)8-12-7(5-17-8)10(14)15-2/h7,12H,3,5H2,1-2H3/b8-6+. The van der Waals surface area contributed by atoms with Gasteiger partial charge in [-0.2, -0.15) is 5.26 Å². The van der Waals surface area contributed by atoms with Crippen molar-refractivity contribution in [1.82, 2.24) is 5.32 Å². The molecule has 0 amide bonds. The summed E-state index contributed by atoms with van der Waals surface area (Å²) >= 11 is 0. The van der Waals surface area contributed by atoms with Gasteiger partial charge >= 0.3 is 11.9 Å². The zero-order chi connectivity index (χ0) is 12.8. The Morgan fingerprint density at radius 1 is 1.65 bits per heavy atom. The molecule has 7 heteroatoms. The van der Waals surface area contributed by atoms with Crippen molar-refractivity contribution in [3.63, 3.8) is 0 Å². The quantitative estimate of drug-likeness (QED) is 0.401. The van der Waals surface area contributed by atoms with Crippen LogP contribution in [0.25, 0.3) is 0 Å². The first kappa shape index (κ1) is 12.8. The maximum atomic E-state index is 11.4. The zero-order valence-electron chi connectivity index (χ0n) is 9.48. The van der Waals surface area contributed by atoms with E-state index >= 15 is 0 Å². The molecule has 1 saturated heterocycles. The first-order chi connectivity index (χ1) is 8.13. The van der Waals surface area contributed by atoms with Gasteiger partial charge in [-0.3, -0.25) is 0 Å². The molecule has 0 radical (unpaired) electrons. The minimum absolute atomic E-state index is 0.00654. The molecule has 1 atom stereocenters. The smallest absolute Gasteiger partial charge is 0.354 e. The largest absolute Gasteiger partial charge is 0.475 e. The van der Waals surface area contributed by atoms with Crippen LogP contribution in [-0.4, -0.2) is 38.3 Å². The Balaban J connectivity index is 2.81. The number of nitrogens with one attached hydrogen (secondary N) is 1. The summed E-state index contributed by atoms with van der Waals surface area (Å²) in [5.41, 5.74) is -0.293. The van der Waals surface area contributed by atoms with Crippen molar-refractivity contribution in [2.75, 3.05) is 20.3 Å². The summed E-state index contributed by atoms with van der Waals surface area (Å²) in [6, 6.07) is 0.957. The number of methoxy groups -OCH3 is 1. The molecular weight excluding hydrogens is 228 g/mol. The second-order valence-electron chi connectivity index (χ2n) is 3.07. The Morgan fingerprint density at radius 3 is 2.88 bits per heavy atom. The van der Waals surface area contributed by atoms with Gasteiger partial charge in [-0.05, 0) is 6.92 Å². The summed E-state index contributed by atoms with van der Waals surface area (Å²) in [7, 11) is 1.24. The average molecular weight is 240 g/mol. The maximum Gasteiger partial charge on any atom is 0.354 e. The summed E-state index contributed by atoms with van der Waals surface area (Å²) in [5, 5.41) is 11.4. The second kappa shape index (κ2) is 5.75. The Labute approximate surface area is 97.9 Å². The normalized spacial score (nSPS) is 20.6. The first-order valence-electron chi connectivity index (χ1n) is 4.92. The molecule has 1 fully saturated rings. The van der Waals surface area contributed by atoms with E-state index in [1.165, 1.54) is 7.11 Å². The van der Waals surface area contributed by atoms with Crippen molar-refractivity contribution in [1.29, 1.82) is 5.26 Å². The Hall–Kier alpha value is -2.23. The number of hydrogen-bond acceptors (Lipinski definition) is 7. The molecule has 1 unspecified atom stereocenters.